The van der Waals surface area contributed by atoms with Gasteiger partial charge in [0.15, 0.2) is 0 Å². The number of piperazine rings is 1. The molecule has 1 aliphatic heterocycles. The lowest BCUT2D eigenvalue weighted by Gasteiger charge is -2.38. The summed E-state index contributed by atoms with van der Waals surface area (Å²) < 4.78 is 5.20. The van der Waals surface area contributed by atoms with Gasteiger partial charge in [-0.2, -0.15) is 0 Å². The van der Waals surface area contributed by atoms with Gasteiger partial charge in [-0.3, -0.25) is 9.69 Å². The molecule has 0 spiro atoms. The molecule has 1 amide bonds. The number of nitrogens with zero attached hydrogens (tertiary/aromatic N) is 2. The molecule has 0 aliphatic carbocycles. The summed E-state index contributed by atoms with van der Waals surface area (Å²) in [5, 5.41) is 3.72. The number of anilines is 2. The summed E-state index contributed by atoms with van der Waals surface area (Å²) in [5.74, 6) is 0.722. The molecule has 6 heteroatoms. The zero-order valence-corrected chi connectivity index (χ0v) is 15.9. The van der Waals surface area contributed by atoms with Crippen LogP contribution in [0.15, 0.2) is 48.5 Å². The Morgan fingerprint density at radius 3 is 2.54 bits per heavy atom. The van der Waals surface area contributed by atoms with Gasteiger partial charge in [-0.05, 0) is 37.3 Å². The van der Waals surface area contributed by atoms with Gasteiger partial charge in [-0.15, -0.1) is 0 Å². The van der Waals surface area contributed by atoms with Crippen LogP contribution in [0.5, 0.6) is 5.75 Å². The third kappa shape index (κ3) is 4.48. The monoisotopic (exact) mass is 373 g/mol. The number of nitrogens with one attached hydrogen (secondary N) is 1. The number of carbonyl (C=O) groups excluding carboxylic acids is 1. The van der Waals surface area contributed by atoms with Gasteiger partial charge < -0.3 is 15.0 Å². The van der Waals surface area contributed by atoms with Crippen molar-refractivity contribution in [3.8, 4) is 5.75 Å². The van der Waals surface area contributed by atoms with Gasteiger partial charge in [0.05, 0.1) is 13.2 Å². The van der Waals surface area contributed by atoms with E-state index in [1.165, 1.54) is 0 Å². The highest BCUT2D eigenvalue weighted by molar-refractivity contribution is 6.30. The zero-order valence-electron chi connectivity index (χ0n) is 15.1. The SMILES string of the molecule is COc1cccc(NC(=O)[C@@H](C)N2CCN(c3cccc(Cl)c3)CC2)c1. The lowest BCUT2D eigenvalue weighted by atomic mass is 10.2. The lowest BCUT2D eigenvalue weighted by molar-refractivity contribution is -0.120. The minimum Gasteiger partial charge on any atom is -0.497 e. The smallest absolute Gasteiger partial charge is 0.241 e. The normalized spacial score (nSPS) is 16.2. The Balaban J connectivity index is 1.55. The van der Waals surface area contributed by atoms with E-state index < -0.39 is 0 Å². The van der Waals surface area contributed by atoms with E-state index in [1.54, 1.807) is 7.11 Å². The molecule has 0 bridgehead atoms. The van der Waals surface area contributed by atoms with E-state index in [4.69, 9.17) is 16.3 Å². The molecule has 26 heavy (non-hydrogen) atoms. The average Bonchev–Trinajstić information content (AvgIpc) is 2.67. The number of amides is 1. The number of ether oxygens (including phenoxy) is 1. The van der Waals surface area contributed by atoms with Crippen molar-refractivity contribution in [2.24, 2.45) is 0 Å². The summed E-state index contributed by atoms with van der Waals surface area (Å²) in [7, 11) is 1.61. The largest absolute Gasteiger partial charge is 0.497 e. The van der Waals surface area contributed by atoms with E-state index in [0.717, 1.165) is 48.3 Å². The standard InChI is InChI=1S/C20H24ClN3O2/c1-15(20(25)22-17-6-4-8-19(14-17)26-2)23-9-11-24(12-10-23)18-7-3-5-16(21)13-18/h3-8,13-15H,9-12H2,1-2H3,(H,22,25)/t15-/m1/s1. The van der Waals surface area contributed by atoms with Crippen LogP contribution in [-0.4, -0.2) is 50.1 Å². The Hall–Kier alpha value is -2.24. The molecule has 2 aromatic carbocycles. The molecule has 1 N–H and O–H groups in total. The highest BCUT2D eigenvalue weighted by Crippen LogP contribution is 2.22. The Bertz CT molecular complexity index is 760. The predicted molar refractivity (Wildman–Crippen MR) is 106 cm³/mol. The first-order valence-electron chi connectivity index (χ1n) is 8.76. The maximum Gasteiger partial charge on any atom is 0.241 e. The Kier molecular flexibility index (Phi) is 6.01. The first kappa shape index (κ1) is 18.5. The van der Waals surface area contributed by atoms with Gasteiger partial charge in [0.1, 0.15) is 5.75 Å². The molecule has 0 saturated carbocycles. The van der Waals surface area contributed by atoms with E-state index in [-0.39, 0.29) is 11.9 Å². The van der Waals surface area contributed by atoms with E-state index >= 15 is 0 Å². The second-order valence-corrected chi connectivity index (χ2v) is 6.84. The van der Waals surface area contributed by atoms with Crippen LogP contribution in [0.1, 0.15) is 6.92 Å². The van der Waals surface area contributed by atoms with Crippen LogP contribution >= 0.6 is 11.6 Å². The van der Waals surface area contributed by atoms with Crippen molar-refractivity contribution in [3.63, 3.8) is 0 Å². The van der Waals surface area contributed by atoms with Gasteiger partial charge >= 0.3 is 0 Å². The Morgan fingerprint density at radius 2 is 1.85 bits per heavy atom. The number of hydrogen-bond acceptors (Lipinski definition) is 4. The van der Waals surface area contributed by atoms with Crippen molar-refractivity contribution >= 4 is 28.9 Å². The zero-order chi connectivity index (χ0) is 18.5. The summed E-state index contributed by atoms with van der Waals surface area (Å²) in [6.45, 7) is 5.36. The number of hydrogen-bond donors (Lipinski definition) is 1. The van der Waals surface area contributed by atoms with Crippen LogP contribution < -0.4 is 15.0 Å². The fourth-order valence-electron chi connectivity index (χ4n) is 3.15. The molecule has 1 heterocycles. The minimum atomic E-state index is -0.192. The third-order valence-corrected chi connectivity index (χ3v) is 4.99. The molecule has 1 aliphatic rings. The fourth-order valence-corrected chi connectivity index (χ4v) is 3.34. The van der Waals surface area contributed by atoms with Crippen LogP contribution in [0.3, 0.4) is 0 Å². The van der Waals surface area contributed by atoms with Crippen LogP contribution in [0.4, 0.5) is 11.4 Å². The second-order valence-electron chi connectivity index (χ2n) is 6.40. The predicted octanol–water partition coefficient (Wildman–Crippen LogP) is 3.50. The van der Waals surface area contributed by atoms with Crippen molar-refractivity contribution in [3.05, 3.63) is 53.6 Å². The number of halogens is 1. The minimum absolute atomic E-state index is 0.00513. The third-order valence-electron chi connectivity index (χ3n) is 4.75. The van der Waals surface area contributed by atoms with E-state index in [1.807, 2.05) is 49.4 Å². The molecule has 0 aromatic heterocycles. The maximum atomic E-state index is 12.6. The van der Waals surface area contributed by atoms with E-state index in [0.29, 0.717) is 0 Å². The second kappa shape index (κ2) is 8.43. The highest BCUT2D eigenvalue weighted by atomic mass is 35.5. The first-order valence-corrected chi connectivity index (χ1v) is 9.14. The maximum absolute atomic E-state index is 12.6. The summed E-state index contributed by atoms with van der Waals surface area (Å²) in [6, 6.07) is 15.1. The average molecular weight is 374 g/mol. The molecule has 1 atom stereocenters. The lowest BCUT2D eigenvalue weighted by Crippen LogP contribution is -2.52. The summed E-state index contributed by atoms with van der Waals surface area (Å²) in [6.07, 6.45) is 0. The molecule has 138 valence electrons. The van der Waals surface area contributed by atoms with Gasteiger partial charge in [-0.25, -0.2) is 0 Å². The fraction of sp³-hybridized carbons (Fsp3) is 0.350. The molecule has 2 aromatic rings. The topological polar surface area (TPSA) is 44.8 Å². The van der Waals surface area contributed by atoms with Crippen molar-refractivity contribution < 1.29 is 9.53 Å². The Morgan fingerprint density at radius 1 is 1.12 bits per heavy atom. The number of benzene rings is 2. The quantitative estimate of drug-likeness (QED) is 0.871. The summed E-state index contributed by atoms with van der Waals surface area (Å²) in [4.78, 5) is 17.1. The van der Waals surface area contributed by atoms with Crippen LogP contribution in [0.2, 0.25) is 5.02 Å². The van der Waals surface area contributed by atoms with Crippen molar-refractivity contribution in [1.29, 1.82) is 0 Å². The molecular weight excluding hydrogens is 350 g/mol. The highest BCUT2D eigenvalue weighted by Gasteiger charge is 2.25. The number of rotatable bonds is 5. The number of carbonyl (C=O) groups is 1. The molecule has 0 unspecified atom stereocenters. The van der Waals surface area contributed by atoms with Crippen LogP contribution in [0.25, 0.3) is 0 Å². The van der Waals surface area contributed by atoms with Crippen molar-refractivity contribution in [2.45, 2.75) is 13.0 Å². The molecule has 0 radical (unpaired) electrons. The molecule has 5 nitrogen and oxygen atoms in total. The van der Waals surface area contributed by atoms with Gasteiger partial charge in [-0.1, -0.05) is 23.7 Å². The van der Waals surface area contributed by atoms with E-state index in [9.17, 15) is 4.79 Å². The van der Waals surface area contributed by atoms with Crippen LogP contribution in [-0.2, 0) is 4.79 Å². The molecule has 3 rings (SSSR count). The van der Waals surface area contributed by atoms with E-state index in [2.05, 4.69) is 21.2 Å². The summed E-state index contributed by atoms with van der Waals surface area (Å²) >= 11 is 6.08. The van der Waals surface area contributed by atoms with Crippen molar-refractivity contribution in [1.82, 2.24) is 4.90 Å². The number of methoxy groups -OCH3 is 1. The Labute approximate surface area is 159 Å². The molecular formula is C20H24ClN3O2. The van der Waals surface area contributed by atoms with Gasteiger partial charge in [0, 0.05) is 48.6 Å². The molecule has 1 saturated heterocycles. The van der Waals surface area contributed by atoms with Crippen molar-refractivity contribution in [2.75, 3.05) is 43.5 Å². The molecule has 1 fully saturated rings. The summed E-state index contributed by atoms with van der Waals surface area (Å²) in [5.41, 5.74) is 1.88. The van der Waals surface area contributed by atoms with Crippen LogP contribution in [0, 0.1) is 0 Å². The first-order chi connectivity index (χ1) is 12.6. The van der Waals surface area contributed by atoms with Gasteiger partial charge in [0.25, 0.3) is 0 Å². The van der Waals surface area contributed by atoms with Gasteiger partial charge in [0.2, 0.25) is 5.91 Å².